The number of para-hydroxylation sites is 2. The van der Waals surface area contributed by atoms with Crippen LogP contribution in [0.4, 0.5) is 18.9 Å². The summed E-state index contributed by atoms with van der Waals surface area (Å²) in [5.41, 5.74) is 0.161. The third-order valence-electron chi connectivity index (χ3n) is 2.26. The van der Waals surface area contributed by atoms with Crippen LogP contribution in [-0.4, -0.2) is 36.8 Å². The number of aliphatic hydroxyl groups is 1. The summed E-state index contributed by atoms with van der Waals surface area (Å²) < 4.78 is 45.7. The van der Waals surface area contributed by atoms with Gasteiger partial charge in [-0.25, -0.2) is 0 Å². The second-order valence-electron chi connectivity index (χ2n) is 4.46. The number of aliphatic hydroxyl groups excluding tert-OH is 1. The number of nitrogens with one attached hydrogen (secondary N) is 1. The van der Waals surface area contributed by atoms with E-state index in [2.05, 4.69) is 10.1 Å². The number of anilines is 1. The molecule has 1 unspecified atom stereocenters. The topological polar surface area (TPSA) is 50.7 Å². The zero-order chi connectivity index (χ0) is 15.2. The fourth-order valence-corrected chi connectivity index (χ4v) is 1.42. The lowest BCUT2D eigenvalue weighted by atomic mass is 10.2. The average molecular weight is 293 g/mol. The van der Waals surface area contributed by atoms with E-state index in [-0.39, 0.29) is 30.7 Å². The first-order valence-electron chi connectivity index (χ1n) is 6.16. The van der Waals surface area contributed by atoms with Gasteiger partial charge in [0.05, 0.1) is 24.5 Å². The Hall–Kier alpha value is -1.47. The van der Waals surface area contributed by atoms with Crippen molar-refractivity contribution >= 4 is 5.69 Å². The zero-order valence-corrected chi connectivity index (χ0v) is 11.3. The second-order valence-corrected chi connectivity index (χ2v) is 4.46. The first kappa shape index (κ1) is 16.6. The summed E-state index contributed by atoms with van der Waals surface area (Å²) in [5, 5.41) is 12.3. The first-order valence-corrected chi connectivity index (χ1v) is 6.16. The molecule has 0 aliphatic carbocycles. The molecule has 4 nitrogen and oxygen atoms in total. The molecule has 0 radical (unpaired) electrons. The third kappa shape index (κ3) is 6.63. The van der Waals surface area contributed by atoms with E-state index in [1.807, 2.05) is 13.8 Å². The van der Waals surface area contributed by atoms with Gasteiger partial charge in [0.1, 0.15) is 0 Å². The molecule has 0 fully saturated rings. The molecule has 0 saturated heterocycles. The molecule has 0 aliphatic heterocycles. The number of rotatable bonds is 7. The van der Waals surface area contributed by atoms with Gasteiger partial charge in [0.2, 0.25) is 0 Å². The average Bonchev–Trinajstić information content (AvgIpc) is 2.33. The highest BCUT2D eigenvalue weighted by molar-refractivity contribution is 5.56. The first-order chi connectivity index (χ1) is 9.28. The highest BCUT2D eigenvalue weighted by Crippen LogP contribution is 2.29. The van der Waals surface area contributed by atoms with Gasteiger partial charge >= 0.3 is 6.36 Å². The molecule has 1 rings (SSSR count). The van der Waals surface area contributed by atoms with Crippen LogP contribution < -0.4 is 10.1 Å². The maximum Gasteiger partial charge on any atom is 0.573 e. The van der Waals surface area contributed by atoms with E-state index in [0.717, 1.165) is 0 Å². The van der Waals surface area contributed by atoms with Crippen LogP contribution in [0.25, 0.3) is 0 Å². The molecule has 0 bridgehead atoms. The van der Waals surface area contributed by atoms with E-state index in [1.165, 1.54) is 18.2 Å². The molecule has 0 aromatic heterocycles. The van der Waals surface area contributed by atoms with Gasteiger partial charge in [-0.3, -0.25) is 0 Å². The van der Waals surface area contributed by atoms with Crippen LogP contribution in [-0.2, 0) is 4.74 Å². The van der Waals surface area contributed by atoms with Gasteiger partial charge in [0, 0.05) is 6.54 Å². The fraction of sp³-hybridized carbons (Fsp3) is 0.538. The van der Waals surface area contributed by atoms with Crippen molar-refractivity contribution in [2.75, 3.05) is 18.5 Å². The predicted molar refractivity (Wildman–Crippen MR) is 68.7 cm³/mol. The molecule has 20 heavy (non-hydrogen) atoms. The van der Waals surface area contributed by atoms with Crippen LogP contribution in [0.3, 0.4) is 0 Å². The number of ether oxygens (including phenoxy) is 2. The van der Waals surface area contributed by atoms with E-state index in [1.54, 1.807) is 6.07 Å². The number of alkyl halides is 3. The molecule has 2 N–H and O–H groups in total. The van der Waals surface area contributed by atoms with Crippen molar-refractivity contribution in [3.63, 3.8) is 0 Å². The van der Waals surface area contributed by atoms with Crippen LogP contribution >= 0.6 is 0 Å². The monoisotopic (exact) mass is 293 g/mol. The van der Waals surface area contributed by atoms with Gasteiger partial charge in [0.15, 0.2) is 5.75 Å². The minimum atomic E-state index is -4.75. The largest absolute Gasteiger partial charge is 0.573 e. The van der Waals surface area contributed by atoms with E-state index < -0.39 is 12.5 Å². The zero-order valence-electron chi connectivity index (χ0n) is 11.3. The van der Waals surface area contributed by atoms with Crippen molar-refractivity contribution in [1.29, 1.82) is 0 Å². The van der Waals surface area contributed by atoms with E-state index in [9.17, 15) is 18.3 Å². The second kappa shape index (κ2) is 7.35. The smallest absolute Gasteiger partial charge is 0.404 e. The van der Waals surface area contributed by atoms with Gasteiger partial charge in [-0.2, -0.15) is 0 Å². The Bertz CT molecular complexity index is 410. The van der Waals surface area contributed by atoms with Crippen LogP contribution in [0.1, 0.15) is 13.8 Å². The highest BCUT2D eigenvalue weighted by atomic mass is 19.4. The Morgan fingerprint density at radius 3 is 2.50 bits per heavy atom. The van der Waals surface area contributed by atoms with E-state index in [0.29, 0.717) is 0 Å². The summed E-state index contributed by atoms with van der Waals surface area (Å²) in [4.78, 5) is 0. The van der Waals surface area contributed by atoms with Gasteiger partial charge in [-0.05, 0) is 26.0 Å². The van der Waals surface area contributed by atoms with Crippen molar-refractivity contribution in [2.45, 2.75) is 32.4 Å². The Kier molecular flexibility index (Phi) is 6.09. The summed E-state index contributed by atoms with van der Waals surface area (Å²) in [6, 6.07) is 5.65. The Balaban J connectivity index is 2.55. The van der Waals surface area contributed by atoms with Crippen molar-refractivity contribution in [3.8, 4) is 5.75 Å². The molecular weight excluding hydrogens is 275 g/mol. The van der Waals surface area contributed by atoms with E-state index in [4.69, 9.17) is 4.74 Å². The van der Waals surface area contributed by atoms with Gasteiger partial charge in [-0.15, -0.1) is 13.2 Å². The Labute approximate surface area is 115 Å². The fourth-order valence-electron chi connectivity index (χ4n) is 1.42. The van der Waals surface area contributed by atoms with Gasteiger partial charge in [-0.1, -0.05) is 12.1 Å². The summed E-state index contributed by atoms with van der Waals surface area (Å²) in [6.45, 7) is 3.82. The summed E-state index contributed by atoms with van der Waals surface area (Å²) in [7, 11) is 0. The van der Waals surface area contributed by atoms with Crippen molar-refractivity contribution in [2.24, 2.45) is 0 Å². The van der Waals surface area contributed by atoms with Crippen LogP contribution in [0.15, 0.2) is 24.3 Å². The minimum absolute atomic E-state index is 0.0227. The minimum Gasteiger partial charge on any atom is -0.404 e. The lowest BCUT2D eigenvalue weighted by molar-refractivity contribution is -0.274. The lowest BCUT2D eigenvalue weighted by Gasteiger charge is -2.17. The normalized spacial score (nSPS) is 13.3. The molecular formula is C13H18F3NO3. The van der Waals surface area contributed by atoms with Crippen molar-refractivity contribution < 1.29 is 27.8 Å². The summed E-state index contributed by atoms with van der Waals surface area (Å²) in [5.74, 6) is -0.336. The number of hydrogen-bond donors (Lipinski definition) is 2. The standard InChI is InChI=1S/C13H18F3NO3/c1-9(2)19-8-10(18)7-17-11-5-3-4-6-12(11)20-13(14,15)16/h3-6,9-10,17-18H,7-8H2,1-2H3. The molecule has 1 atom stereocenters. The van der Waals surface area contributed by atoms with Gasteiger partial charge < -0.3 is 19.9 Å². The number of benzene rings is 1. The molecule has 0 amide bonds. The number of halogens is 3. The predicted octanol–water partition coefficient (Wildman–Crippen LogP) is 2.78. The SMILES string of the molecule is CC(C)OCC(O)CNc1ccccc1OC(F)(F)F. The van der Waals surface area contributed by atoms with Gasteiger partial charge in [0.25, 0.3) is 0 Å². The van der Waals surface area contributed by atoms with E-state index >= 15 is 0 Å². The van der Waals surface area contributed by atoms with Crippen LogP contribution in [0.5, 0.6) is 5.75 Å². The maximum atomic E-state index is 12.2. The quantitative estimate of drug-likeness (QED) is 0.811. The van der Waals surface area contributed by atoms with Crippen molar-refractivity contribution in [1.82, 2.24) is 0 Å². The molecule has 1 aromatic carbocycles. The van der Waals surface area contributed by atoms with Crippen LogP contribution in [0.2, 0.25) is 0 Å². The lowest BCUT2D eigenvalue weighted by Crippen LogP contribution is -2.27. The molecule has 0 saturated carbocycles. The summed E-state index contributed by atoms with van der Waals surface area (Å²) in [6.07, 6.45) is -5.60. The molecule has 0 aliphatic rings. The molecule has 7 heteroatoms. The van der Waals surface area contributed by atoms with Crippen molar-refractivity contribution in [3.05, 3.63) is 24.3 Å². The molecule has 1 aromatic rings. The molecule has 0 heterocycles. The Morgan fingerprint density at radius 1 is 1.25 bits per heavy atom. The summed E-state index contributed by atoms with van der Waals surface area (Å²) >= 11 is 0. The Morgan fingerprint density at radius 2 is 1.90 bits per heavy atom. The molecule has 114 valence electrons. The van der Waals surface area contributed by atoms with Crippen LogP contribution in [0, 0.1) is 0 Å². The maximum absolute atomic E-state index is 12.2. The molecule has 0 spiro atoms. The highest BCUT2D eigenvalue weighted by Gasteiger charge is 2.32. The number of hydrogen-bond acceptors (Lipinski definition) is 4. The third-order valence-corrected chi connectivity index (χ3v) is 2.26.